The van der Waals surface area contributed by atoms with E-state index in [0.717, 1.165) is 6.42 Å². The maximum Gasteiger partial charge on any atom is 0.255 e. The second-order valence-electron chi connectivity index (χ2n) is 2.98. The average molecular weight is 170 g/mol. The van der Waals surface area contributed by atoms with E-state index in [1.54, 1.807) is 6.92 Å². The normalized spacial score (nSPS) is 16.0. The highest BCUT2D eigenvalue weighted by Crippen LogP contribution is 2.17. The summed E-state index contributed by atoms with van der Waals surface area (Å²) in [6.45, 7) is 5.69. The molecule has 0 saturated heterocycles. The zero-order valence-electron chi connectivity index (χ0n) is 7.61. The van der Waals surface area contributed by atoms with Gasteiger partial charge in [0.2, 0.25) is 0 Å². The second-order valence-corrected chi connectivity index (χ2v) is 2.98. The molecule has 2 unspecified atom stereocenters. The van der Waals surface area contributed by atoms with Crippen LogP contribution in [-0.4, -0.2) is 15.2 Å². The number of aliphatic hydroxyl groups excluding tert-OH is 1. The Morgan fingerprint density at radius 1 is 1.50 bits per heavy atom. The van der Waals surface area contributed by atoms with E-state index in [4.69, 9.17) is 9.63 Å². The SMILES string of the molecule is CCC(C)c1noc(C(C)O)n1. The van der Waals surface area contributed by atoms with Crippen LogP contribution in [0.1, 0.15) is 50.9 Å². The number of rotatable bonds is 3. The molecule has 1 heterocycles. The van der Waals surface area contributed by atoms with Crippen molar-refractivity contribution in [2.75, 3.05) is 0 Å². The lowest BCUT2D eigenvalue weighted by Crippen LogP contribution is -1.95. The summed E-state index contributed by atoms with van der Waals surface area (Å²) in [4.78, 5) is 4.05. The van der Waals surface area contributed by atoms with E-state index in [2.05, 4.69) is 17.1 Å². The van der Waals surface area contributed by atoms with E-state index in [-0.39, 0.29) is 0 Å². The van der Waals surface area contributed by atoms with Gasteiger partial charge in [-0.05, 0) is 13.3 Å². The first-order valence-electron chi connectivity index (χ1n) is 4.16. The molecule has 0 spiro atoms. The summed E-state index contributed by atoms with van der Waals surface area (Å²) in [7, 11) is 0. The van der Waals surface area contributed by atoms with Gasteiger partial charge in [0.05, 0.1) is 0 Å². The van der Waals surface area contributed by atoms with Crippen molar-refractivity contribution in [3.8, 4) is 0 Å². The molecule has 4 nitrogen and oxygen atoms in total. The molecule has 0 fully saturated rings. The first-order chi connectivity index (χ1) is 5.65. The number of aliphatic hydroxyl groups is 1. The molecule has 0 bridgehead atoms. The first kappa shape index (κ1) is 9.19. The fourth-order valence-electron chi connectivity index (χ4n) is 0.800. The Hall–Kier alpha value is -0.900. The summed E-state index contributed by atoms with van der Waals surface area (Å²) in [6.07, 6.45) is 0.300. The zero-order chi connectivity index (χ0) is 9.14. The van der Waals surface area contributed by atoms with Gasteiger partial charge in [-0.15, -0.1) is 0 Å². The third-order valence-electron chi connectivity index (χ3n) is 1.87. The van der Waals surface area contributed by atoms with Gasteiger partial charge in [0.25, 0.3) is 5.89 Å². The van der Waals surface area contributed by atoms with Gasteiger partial charge in [-0.1, -0.05) is 19.0 Å². The van der Waals surface area contributed by atoms with Gasteiger partial charge in [0.1, 0.15) is 6.10 Å². The molecule has 0 aromatic carbocycles. The Morgan fingerprint density at radius 2 is 2.17 bits per heavy atom. The topological polar surface area (TPSA) is 59.2 Å². The molecule has 2 atom stereocenters. The summed E-state index contributed by atoms with van der Waals surface area (Å²) in [5.41, 5.74) is 0. The van der Waals surface area contributed by atoms with Gasteiger partial charge in [-0.2, -0.15) is 4.98 Å². The van der Waals surface area contributed by atoms with Crippen molar-refractivity contribution < 1.29 is 9.63 Å². The average Bonchev–Trinajstić information content (AvgIpc) is 2.51. The van der Waals surface area contributed by atoms with E-state index >= 15 is 0 Å². The van der Waals surface area contributed by atoms with Crippen LogP contribution in [0.5, 0.6) is 0 Å². The van der Waals surface area contributed by atoms with Crippen LogP contribution in [0.4, 0.5) is 0 Å². The minimum Gasteiger partial charge on any atom is -0.384 e. The molecule has 0 amide bonds. The molecular formula is C8H14N2O2. The monoisotopic (exact) mass is 170 g/mol. The van der Waals surface area contributed by atoms with Crippen molar-refractivity contribution in [2.24, 2.45) is 0 Å². The highest BCUT2D eigenvalue weighted by atomic mass is 16.5. The zero-order valence-corrected chi connectivity index (χ0v) is 7.61. The fraction of sp³-hybridized carbons (Fsp3) is 0.750. The molecule has 68 valence electrons. The van der Waals surface area contributed by atoms with Crippen LogP contribution in [0.3, 0.4) is 0 Å². The van der Waals surface area contributed by atoms with E-state index < -0.39 is 6.10 Å². The van der Waals surface area contributed by atoms with E-state index in [1.807, 2.05) is 6.92 Å². The predicted molar refractivity (Wildman–Crippen MR) is 43.6 cm³/mol. The lowest BCUT2D eigenvalue weighted by atomic mass is 10.1. The third-order valence-corrected chi connectivity index (χ3v) is 1.87. The summed E-state index contributed by atoms with van der Waals surface area (Å²) in [6, 6.07) is 0. The van der Waals surface area contributed by atoms with Crippen molar-refractivity contribution in [1.29, 1.82) is 0 Å². The van der Waals surface area contributed by atoms with Crippen molar-refractivity contribution in [2.45, 2.75) is 39.2 Å². The molecule has 0 saturated carbocycles. The molecule has 0 aliphatic rings. The van der Waals surface area contributed by atoms with Crippen molar-refractivity contribution in [3.63, 3.8) is 0 Å². The van der Waals surface area contributed by atoms with Gasteiger partial charge in [0, 0.05) is 5.92 Å². The summed E-state index contributed by atoms with van der Waals surface area (Å²) < 4.78 is 4.84. The van der Waals surface area contributed by atoms with E-state index in [9.17, 15) is 0 Å². The molecule has 1 N–H and O–H groups in total. The number of hydrogen-bond donors (Lipinski definition) is 1. The van der Waals surface area contributed by atoms with Crippen LogP contribution in [-0.2, 0) is 0 Å². The second kappa shape index (κ2) is 3.67. The largest absolute Gasteiger partial charge is 0.384 e. The van der Waals surface area contributed by atoms with Crippen molar-refractivity contribution >= 4 is 0 Å². The molecule has 12 heavy (non-hydrogen) atoms. The summed E-state index contributed by atoms with van der Waals surface area (Å²) >= 11 is 0. The lowest BCUT2D eigenvalue weighted by molar-refractivity contribution is 0.151. The van der Waals surface area contributed by atoms with Crippen LogP contribution >= 0.6 is 0 Å². The van der Waals surface area contributed by atoms with Crippen LogP contribution < -0.4 is 0 Å². The lowest BCUT2D eigenvalue weighted by Gasteiger charge is -1.98. The molecule has 0 aliphatic heterocycles. The van der Waals surface area contributed by atoms with Crippen LogP contribution in [0, 0.1) is 0 Å². The molecule has 1 aromatic heterocycles. The summed E-state index contributed by atoms with van der Waals surface area (Å²) in [5, 5.41) is 12.9. The molecular weight excluding hydrogens is 156 g/mol. The Morgan fingerprint density at radius 3 is 2.58 bits per heavy atom. The molecule has 4 heteroatoms. The van der Waals surface area contributed by atoms with Gasteiger partial charge >= 0.3 is 0 Å². The van der Waals surface area contributed by atoms with Crippen LogP contribution in [0.15, 0.2) is 4.52 Å². The number of hydrogen-bond acceptors (Lipinski definition) is 4. The van der Waals surface area contributed by atoms with E-state index in [0.29, 0.717) is 17.6 Å². The molecule has 1 aromatic rings. The number of aromatic nitrogens is 2. The van der Waals surface area contributed by atoms with Gasteiger partial charge in [-0.3, -0.25) is 0 Å². The van der Waals surface area contributed by atoms with Crippen LogP contribution in [0.2, 0.25) is 0 Å². The quantitative estimate of drug-likeness (QED) is 0.749. The first-order valence-corrected chi connectivity index (χ1v) is 4.16. The van der Waals surface area contributed by atoms with Crippen LogP contribution in [0.25, 0.3) is 0 Å². The minimum atomic E-state index is -0.671. The Bertz CT molecular complexity index is 245. The standard InChI is InChI=1S/C8H14N2O2/c1-4-5(2)7-9-8(6(3)11)12-10-7/h5-6,11H,4H2,1-3H3. The maximum atomic E-state index is 9.10. The molecule has 0 radical (unpaired) electrons. The molecule has 1 rings (SSSR count). The number of nitrogens with zero attached hydrogens (tertiary/aromatic N) is 2. The Kier molecular flexibility index (Phi) is 2.81. The maximum absolute atomic E-state index is 9.10. The smallest absolute Gasteiger partial charge is 0.255 e. The Balaban J connectivity index is 2.77. The third kappa shape index (κ3) is 1.82. The van der Waals surface area contributed by atoms with Gasteiger partial charge < -0.3 is 9.63 Å². The summed E-state index contributed by atoms with van der Waals surface area (Å²) in [5.74, 6) is 1.26. The van der Waals surface area contributed by atoms with Crippen molar-refractivity contribution in [3.05, 3.63) is 11.7 Å². The Labute approximate surface area is 71.6 Å². The highest BCUT2D eigenvalue weighted by molar-refractivity contribution is 4.94. The minimum absolute atomic E-state index is 0.293. The van der Waals surface area contributed by atoms with Gasteiger partial charge in [-0.25, -0.2) is 0 Å². The van der Waals surface area contributed by atoms with Crippen molar-refractivity contribution in [1.82, 2.24) is 10.1 Å². The molecule has 0 aliphatic carbocycles. The van der Waals surface area contributed by atoms with Gasteiger partial charge in [0.15, 0.2) is 5.82 Å². The van der Waals surface area contributed by atoms with E-state index in [1.165, 1.54) is 0 Å². The fourth-order valence-corrected chi connectivity index (χ4v) is 0.800. The predicted octanol–water partition coefficient (Wildman–Crippen LogP) is 1.64. The highest BCUT2D eigenvalue weighted by Gasteiger charge is 2.14.